The summed E-state index contributed by atoms with van der Waals surface area (Å²) in [6.07, 6.45) is 5.66. The van der Waals surface area contributed by atoms with Crippen molar-refractivity contribution < 1.29 is 9.90 Å². The lowest BCUT2D eigenvalue weighted by Gasteiger charge is -2.26. The molecule has 0 unspecified atom stereocenters. The van der Waals surface area contributed by atoms with Gasteiger partial charge in [-0.15, -0.1) is 5.10 Å². The van der Waals surface area contributed by atoms with E-state index in [1.165, 1.54) is 19.3 Å². The monoisotopic (exact) mass is 314 g/mol. The third-order valence-electron chi connectivity index (χ3n) is 4.29. The van der Waals surface area contributed by atoms with Crippen molar-refractivity contribution in [3.8, 4) is 17.0 Å². The summed E-state index contributed by atoms with van der Waals surface area (Å²) in [6.45, 7) is 3.95. The van der Waals surface area contributed by atoms with Gasteiger partial charge >= 0.3 is 0 Å². The number of nitrogens with zero attached hydrogens (tertiary/aromatic N) is 3. The van der Waals surface area contributed by atoms with Crippen LogP contribution in [0.3, 0.4) is 0 Å². The first-order chi connectivity index (χ1) is 11.1. The molecule has 0 bridgehead atoms. The number of hydrogen-bond acceptors (Lipinski definition) is 4. The van der Waals surface area contributed by atoms with Gasteiger partial charge in [0.15, 0.2) is 0 Å². The molecule has 0 aliphatic carbocycles. The van der Waals surface area contributed by atoms with Crippen LogP contribution in [0, 0.1) is 0 Å². The summed E-state index contributed by atoms with van der Waals surface area (Å²) in [7, 11) is 0. The van der Waals surface area contributed by atoms with Gasteiger partial charge in [-0.1, -0.05) is 18.6 Å². The van der Waals surface area contributed by atoms with Crippen LogP contribution in [0.1, 0.15) is 29.6 Å². The van der Waals surface area contributed by atoms with Crippen LogP contribution < -0.4 is 5.73 Å². The zero-order chi connectivity index (χ0) is 16.2. The van der Waals surface area contributed by atoms with Gasteiger partial charge in [-0.3, -0.25) is 9.48 Å². The van der Waals surface area contributed by atoms with E-state index in [0.29, 0.717) is 11.1 Å². The van der Waals surface area contributed by atoms with Crippen molar-refractivity contribution in [1.82, 2.24) is 14.7 Å². The van der Waals surface area contributed by atoms with E-state index in [9.17, 15) is 9.90 Å². The Kier molecular flexibility index (Phi) is 4.62. The minimum Gasteiger partial charge on any atom is -0.492 e. The van der Waals surface area contributed by atoms with Crippen LogP contribution in [0.25, 0.3) is 11.1 Å². The van der Waals surface area contributed by atoms with E-state index in [2.05, 4.69) is 10.00 Å². The molecule has 0 spiro atoms. The van der Waals surface area contributed by atoms with Crippen molar-refractivity contribution in [1.29, 1.82) is 0 Å². The molecule has 122 valence electrons. The smallest absolute Gasteiger partial charge is 0.248 e. The summed E-state index contributed by atoms with van der Waals surface area (Å²) in [4.78, 5) is 13.7. The number of likely N-dealkylation sites (tertiary alicyclic amines) is 1. The summed E-state index contributed by atoms with van der Waals surface area (Å²) in [5.74, 6) is -0.505. The van der Waals surface area contributed by atoms with Crippen molar-refractivity contribution in [2.75, 3.05) is 19.6 Å². The number of rotatable bonds is 5. The number of carbonyl (C=O) groups is 1. The van der Waals surface area contributed by atoms with Crippen LogP contribution in [0.15, 0.2) is 30.5 Å². The third-order valence-corrected chi connectivity index (χ3v) is 4.29. The Morgan fingerprint density at radius 3 is 2.74 bits per heavy atom. The predicted molar refractivity (Wildman–Crippen MR) is 88.1 cm³/mol. The number of piperidine rings is 1. The Morgan fingerprint density at radius 2 is 2.00 bits per heavy atom. The molecule has 6 heteroatoms. The Balaban J connectivity index is 1.72. The SMILES string of the molecule is NC(=O)c1cccc(-c2cn(CCN3CCCCC3)nc2O)c1. The molecule has 3 N–H and O–H groups in total. The van der Waals surface area contributed by atoms with E-state index >= 15 is 0 Å². The molecule has 1 fully saturated rings. The largest absolute Gasteiger partial charge is 0.492 e. The summed E-state index contributed by atoms with van der Waals surface area (Å²) in [5.41, 5.74) is 7.08. The van der Waals surface area contributed by atoms with E-state index < -0.39 is 5.91 Å². The Morgan fingerprint density at radius 1 is 1.22 bits per heavy atom. The number of carbonyl (C=O) groups excluding carboxylic acids is 1. The maximum absolute atomic E-state index is 11.3. The standard InChI is InChI=1S/C17H22N4O2/c18-16(22)14-6-4-5-13(11-14)15-12-21(19-17(15)23)10-9-20-7-2-1-3-8-20/h4-6,11-12H,1-3,7-10H2,(H2,18,22)(H,19,23). The highest BCUT2D eigenvalue weighted by Gasteiger charge is 2.13. The molecule has 6 nitrogen and oxygen atoms in total. The van der Waals surface area contributed by atoms with Gasteiger partial charge in [-0.2, -0.15) is 0 Å². The fourth-order valence-electron chi connectivity index (χ4n) is 3.00. The van der Waals surface area contributed by atoms with E-state index in [0.717, 1.165) is 31.7 Å². The molecule has 0 atom stereocenters. The second-order valence-electron chi connectivity index (χ2n) is 5.98. The van der Waals surface area contributed by atoms with E-state index in [1.54, 1.807) is 22.9 Å². The number of nitrogens with two attached hydrogens (primary N) is 1. The lowest BCUT2D eigenvalue weighted by atomic mass is 10.1. The minimum atomic E-state index is -0.483. The van der Waals surface area contributed by atoms with Gasteiger partial charge in [-0.05, 0) is 43.6 Å². The maximum Gasteiger partial charge on any atom is 0.248 e. The number of amides is 1. The second-order valence-corrected chi connectivity index (χ2v) is 5.98. The van der Waals surface area contributed by atoms with Gasteiger partial charge in [-0.25, -0.2) is 0 Å². The van der Waals surface area contributed by atoms with Crippen LogP contribution in [0.5, 0.6) is 5.88 Å². The summed E-state index contributed by atoms with van der Waals surface area (Å²) >= 11 is 0. The van der Waals surface area contributed by atoms with E-state index in [1.807, 2.05) is 12.3 Å². The van der Waals surface area contributed by atoms with Gasteiger partial charge < -0.3 is 15.7 Å². The number of benzene rings is 1. The average Bonchev–Trinajstić information content (AvgIpc) is 2.95. The zero-order valence-electron chi connectivity index (χ0n) is 13.1. The molecular formula is C17H22N4O2. The maximum atomic E-state index is 11.3. The molecule has 1 saturated heterocycles. The van der Waals surface area contributed by atoms with Crippen molar-refractivity contribution >= 4 is 5.91 Å². The van der Waals surface area contributed by atoms with Gasteiger partial charge in [0.2, 0.25) is 11.8 Å². The van der Waals surface area contributed by atoms with Crippen LogP contribution in [-0.2, 0) is 6.54 Å². The number of aromatic nitrogens is 2. The fraction of sp³-hybridized carbons (Fsp3) is 0.412. The van der Waals surface area contributed by atoms with Crippen molar-refractivity contribution in [2.45, 2.75) is 25.8 Å². The highest BCUT2D eigenvalue weighted by molar-refractivity contribution is 5.94. The van der Waals surface area contributed by atoms with Gasteiger partial charge in [0.25, 0.3) is 0 Å². The molecule has 23 heavy (non-hydrogen) atoms. The summed E-state index contributed by atoms with van der Waals surface area (Å²) in [5, 5.41) is 14.3. The Hall–Kier alpha value is -2.34. The first-order valence-electron chi connectivity index (χ1n) is 8.02. The molecule has 0 saturated carbocycles. The molecule has 1 aromatic carbocycles. The highest BCUT2D eigenvalue weighted by Crippen LogP contribution is 2.28. The Bertz CT molecular complexity index is 690. The normalized spacial score (nSPS) is 15.7. The molecule has 1 aliphatic rings. The molecule has 2 aromatic rings. The molecule has 1 amide bonds. The van der Waals surface area contributed by atoms with Crippen LogP contribution in [0.2, 0.25) is 0 Å². The molecule has 0 radical (unpaired) electrons. The van der Waals surface area contributed by atoms with Crippen LogP contribution >= 0.6 is 0 Å². The van der Waals surface area contributed by atoms with Gasteiger partial charge in [0, 0.05) is 18.3 Å². The third kappa shape index (κ3) is 3.71. The summed E-state index contributed by atoms with van der Waals surface area (Å²) in [6, 6.07) is 6.91. The fourth-order valence-corrected chi connectivity index (χ4v) is 3.00. The van der Waals surface area contributed by atoms with E-state index in [-0.39, 0.29) is 5.88 Å². The molecule has 3 rings (SSSR count). The van der Waals surface area contributed by atoms with Gasteiger partial charge in [0.05, 0.1) is 12.1 Å². The molecule has 1 aromatic heterocycles. The van der Waals surface area contributed by atoms with Crippen LogP contribution in [0.4, 0.5) is 0 Å². The first kappa shape index (κ1) is 15.6. The molecule has 2 heterocycles. The molecule has 1 aliphatic heterocycles. The van der Waals surface area contributed by atoms with Crippen molar-refractivity contribution in [3.05, 3.63) is 36.0 Å². The van der Waals surface area contributed by atoms with E-state index in [4.69, 9.17) is 5.73 Å². The predicted octanol–water partition coefficient (Wildman–Crippen LogP) is 1.84. The van der Waals surface area contributed by atoms with Crippen LogP contribution in [-0.4, -0.2) is 45.3 Å². The number of hydrogen-bond donors (Lipinski definition) is 2. The molecular weight excluding hydrogens is 292 g/mol. The van der Waals surface area contributed by atoms with Gasteiger partial charge in [0.1, 0.15) is 0 Å². The zero-order valence-corrected chi connectivity index (χ0v) is 13.1. The highest BCUT2D eigenvalue weighted by atomic mass is 16.3. The van der Waals surface area contributed by atoms with Crippen molar-refractivity contribution in [3.63, 3.8) is 0 Å². The number of aromatic hydroxyl groups is 1. The second kappa shape index (κ2) is 6.83. The topological polar surface area (TPSA) is 84.4 Å². The summed E-state index contributed by atoms with van der Waals surface area (Å²) < 4.78 is 1.76. The number of primary amides is 1. The lowest BCUT2D eigenvalue weighted by Crippen LogP contribution is -2.32. The first-order valence-corrected chi connectivity index (χ1v) is 8.02. The Labute approximate surface area is 135 Å². The average molecular weight is 314 g/mol. The minimum absolute atomic E-state index is 0.0229. The lowest BCUT2D eigenvalue weighted by molar-refractivity contribution is 0.100. The van der Waals surface area contributed by atoms with Crippen molar-refractivity contribution in [2.24, 2.45) is 5.73 Å². The quantitative estimate of drug-likeness (QED) is 0.882.